The Morgan fingerprint density at radius 3 is 2.79 bits per heavy atom. The zero-order valence-electron chi connectivity index (χ0n) is 10.5. The van der Waals surface area contributed by atoms with E-state index in [1.165, 1.54) is 0 Å². The molecule has 0 fully saturated rings. The van der Waals surface area contributed by atoms with Crippen molar-refractivity contribution in [1.82, 2.24) is 4.98 Å². The molecular formula is C13H13BrN2O2S. The van der Waals surface area contributed by atoms with E-state index in [-0.39, 0.29) is 0 Å². The molecule has 2 rings (SSSR count). The SMILES string of the molecule is CCc1nc(Nc2ccc(C)c(Br)c2)sc1C(=O)O. The number of nitrogens with one attached hydrogen (secondary N) is 1. The van der Waals surface area contributed by atoms with Gasteiger partial charge >= 0.3 is 5.97 Å². The van der Waals surface area contributed by atoms with E-state index in [0.717, 1.165) is 27.1 Å². The van der Waals surface area contributed by atoms with Crippen LogP contribution in [-0.4, -0.2) is 16.1 Å². The van der Waals surface area contributed by atoms with Crippen molar-refractivity contribution in [2.45, 2.75) is 20.3 Å². The van der Waals surface area contributed by atoms with Gasteiger partial charge in [-0.3, -0.25) is 0 Å². The molecule has 1 heterocycles. The molecule has 0 bridgehead atoms. The second-order valence-electron chi connectivity index (χ2n) is 4.04. The molecule has 100 valence electrons. The zero-order chi connectivity index (χ0) is 14.0. The lowest BCUT2D eigenvalue weighted by atomic mass is 10.2. The molecular weight excluding hydrogens is 328 g/mol. The number of carbonyl (C=O) groups is 1. The Labute approximate surface area is 123 Å². The van der Waals surface area contributed by atoms with Crippen LogP contribution in [0.1, 0.15) is 27.9 Å². The molecule has 2 aromatic rings. The minimum absolute atomic E-state index is 0.302. The normalized spacial score (nSPS) is 10.5. The Morgan fingerprint density at radius 2 is 2.26 bits per heavy atom. The molecule has 4 nitrogen and oxygen atoms in total. The fraction of sp³-hybridized carbons (Fsp3) is 0.231. The lowest BCUT2D eigenvalue weighted by molar-refractivity contribution is 0.0701. The number of benzene rings is 1. The van der Waals surface area contributed by atoms with Crippen molar-refractivity contribution in [2.24, 2.45) is 0 Å². The Hall–Kier alpha value is -1.40. The molecule has 2 N–H and O–H groups in total. The highest BCUT2D eigenvalue weighted by molar-refractivity contribution is 9.10. The van der Waals surface area contributed by atoms with Crippen LogP contribution in [0.3, 0.4) is 0 Å². The molecule has 0 amide bonds. The summed E-state index contributed by atoms with van der Waals surface area (Å²) < 4.78 is 1.00. The van der Waals surface area contributed by atoms with Gasteiger partial charge in [0.25, 0.3) is 0 Å². The van der Waals surface area contributed by atoms with Crippen molar-refractivity contribution < 1.29 is 9.90 Å². The van der Waals surface area contributed by atoms with Crippen molar-refractivity contribution in [3.8, 4) is 0 Å². The zero-order valence-corrected chi connectivity index (χ0v) is 12.9. The van der Waals surface area contributed by atoms with Gasteiger partial charge in [0.05, 0.1) is 5.69 Å². The largest absolute Gasteiger partial charge is 0.477 e. The van der Waals surface area contributed by atoms with Gasteiger partial charge in [-0.2, -0.15) is 0 Å². The van der Waals surface area contributed by atoms with Gasteiger partial charge in [0.15, 0.2) is 5.13 Å². The molecule has 0 aliphatic rings. The molecule has 6 heteroatoms. The number of rotatable bonds is 4. The standard InChI is InChI=1S/C13H13BrN2O2S/c1-3-10-11(12(17)18)19-13(16-10)15-8-5-4-7(2)9(14)6-8/h4-6H,3H2,1-2H3,(H,15,16)(H,17,18). The molecule has 0 spiro atoms. The average Bonchev–Trinajstić information content (AvgIpc) is 2.77. The van der Waals surface area contributed by atoms with E-state index >= 15 is 0 Å². The van der Waals surface area contributed by atoms with Crippen molar-refractivity contribution in [3.05, 3.63) is 38.8 Å². The number of aryl methyl sites for hydroxylation is 2. The van der Waals surface area contributed by atoms with Crippen molar-refractivity contribution in [2.75, 3.05) is 5.32 Å². The Kier molecular flexibility index (Phi) is 4.21. The third-order valence-electron chi connectivity index (χ3n) is 2.65. The first-order chi connectivity index (χ1) is 9.01. The summed E-state index contributed by atoms with van der Waals surface area (Å²) in [5.41, 5.74) is 2.64. The summed E-state index contributed by atoms with van der Waals surface area (Å²) in [6, 6.07) is 5.87. The maximum absolute atomic E-state index is 11.1. The number of thiazole rings is 1. The monoisotopic (exact) mass is 340 g/mol. The highest BCUT2D eigenvalue weighted by Crippen LogP contribution is 2.28. The van der Waals surface area contributed by atoms with Crippen LogP contribution in [0.15, 0.2) is 22.7 Å². The van der Waals surface area contributed by atoms with Crippen LogP contribution in [0.25, 0.3) is 0 Å². The first-order valence-electron chi connectivity index (χ1n) is 5.77. The third-order valence-corrected chi connectivity index (χ3v) is 4.50. The molecule has 1 aromatic carbocycles. The molecule has 0 radical (unpaired) electrons. The van der Waals surface area contributed by atoms with E-state index in [4.69, 9.17) is 5.11 Å². The smallest absolute Gasteiger partial charge is 0.347 e. The van der Waals surface area contributed by atoms with Crippen LogP contribution in [0.2, 0.25) is 0 Å². The van der Waals surface area contributed by atoms with E-state index in [1.807, 2.05) is 32.0 Å². The molecule has 0 unspecified atom stereocenters. The molecule has 0 saturated carbocycles. The van der Waals surface area contributed by atoms with Crippen LogP contribution in [-0.2, 0) is 6.42 Å². The number of carboxylic acids is 1. The highest BCUT2D eigenvalue weighted by Gasteiger charge is 2.15. The second-order valence-corrected chi connectivity index (χ2v) is 5.90. The topological polar surface area (TPSA) is 62.2 Å². The van der Waals surface area contributed by atoms with Crippen LogP contribution in [0.5, 0.6) is 0 Å². The van der Waals surface area contributed by atoms with Gasteiger partial charge in [0.1, 0.15) is 4.88 Å². The lowest BCUT2D eigenvalue weighted by Gasteiger charge is -2.04. The number of hydrogen-bond acceptors (Lipinski definition) is 4. The number of aromatic nitrogens is 1. The molecule has 0 aliphatic heterocycles. The summed E-state index contributed by atoms with van der Waals surface area (Å²) in [5, 5.41) is 12.8. The van der Waals surface area contributed by atoms with E-state index < -0.39 is 5.97 Å². The Bertz CT molecular complexity index is 625. The molecule has 1 aromatic heterocycles. The van der Waals surface area contributed by atoms with Crippen molar-refractivity contribution in [1.29, 1.82) is 0 Å². The average molecular weight is 341 g/mol. The van der Waals surface area contributed by atoms with Crippen LogP contribution in [0.4, 0.5) is 10.8 Å². The van der Waals surface area contributed by atoms with Crippen LogP contribution >= 0.6 is 27.3 Å². The summed E-state index contributed by atoms with van der Waals surface area (Å²) in [6.45, 7) is 3.91. The summed E-state index contributed by atoms with van der Waals surface area (Å²) >= 11 is 4.62. The van der Waals surface area contributed by atoms with Gasteiger partial charge in [0, 0.05) is 10.2 Å². The summed E-state index contributed by atoms with van der Waals surface area (Å²) in [5.74, 6) is -0.924. The molecule has 0 atom stereocenters. The van der Waals surface area contributed by atoms with Crippen molar-refractivity contribution >= 4 is 44.1 Å². The molecule has 19 heavy (non-hydrogen) atoms. The quantitative estimate of drug-likeness (QED) is 0.874. The fourth-order valence-corrected chi connectivity index (χ4v) is 2.90. The lowest BCUT2D eigenvalue weighted by Crippen LogP contribution is -1.97. The Morgan fingerprint density at radius 1 is 1.53 bits per heavy atom. The molecule has 0 saturated heterocycles. The molecule has 0 aliphatic carbocycles. The van der Waals surface area contributed by atoms with Gasteiger partial charge in [0.2, 0.25) is 0 Å². The van der Waals surface area contributed by atoms with Gasteiger partial charge in [-0.25, -0.2) is 9.78 Å². The van der Waals surface area contributed by atoms with E-state index in [9.17, 15) is 4.79 Å². The predicted octanol–water partition coefficient (Wildman–Crippen LogP) is 4.22. The number of carboxylic acid groups (broad SMARTS) is 1. The van der Waals surface area contributed by atoms with Crippen LogP contribution < -0.4 is 5.32 Å². The summed E-state index contributed by atoms with van der Waals surface area (Å²) in [6.07, 6.45) is 0.609. The van der Waals surface area contributed by atoms with Gasteiger partial charge in [-0.1, -0.05) is 40.3 Å². The van der Waals surface area contributed by atoms with Crippen LogP contribution in [0, 0.1) is 6.92 Å². The van der Waals surface area contributed by atoms with Gasteiger partial charge < -0.3 is 10.4 Å². The van der Waals surface area contributed by atoms with Gasteiger partial charge in [-0.05, 0) is 31.0 Å². The fourth-order valence-electron chi connectivity index (χ4n) is 1.61. The minimum atomic E-state index is -0.924. The maximum Gasteiger partial charge on any atom is 0.347 e. The second kappa shape index (κ2) is 5.71. The summed E-state index contributed by atoms with van der Waals surface area (Å²) in [4.78, 5) is 15.7. The van der Waals surface area contributed by atoms with E-state index in [0.29, 0.717) is 22.1 Å². The third kappa shape index (κ3) is 3.13. The number of anilines is 2. The maximum atomic E-state index is 11.1. The number of nitrogens with zero attached hydrogens (tertiary/aromatic N) is 1. The minimum Gasteiger partial charge on any atom is -0.477 e. The number of halogens is 1. The van der Waals surface area contributed by atoms with Gasteiger partial charge in [-0.15, -0.1) is 0 Å². The number of aromatic carboxylic acids is 1. The Balaban J connectivity index is 2.28. The number of hydrogen-bond donors (Lipinski definition) is 2. The highest BCUT2D eigenvalue weighted by atomic mass is 79.9. The first kappa shape index (κ1) is 14.0. The summed E-state index contributed by atoms with van der Waals surface area (Å²) in [7, 11) is 0. The first-order valence-corrected chi connectivity index (χ1v) is 7.38. The van der Waals surface area contributed by atoms with Crippen molar-refractivity contribution in [3.63, 3.8) is 0 Å². The predicted molar refractivity (Wildman–Crippen MR) is 80.6 cm³/mol. The van der Waals surface area contributed by atoms with E-state index in [1.54, 1.807) is 0 Å². The van der Waals surface area contributed by atoms with E-state index in [2.05, 4.69) is 26.2 Å².